The molecule has 1 N–H and O–H groups in total. The third-order valence-electron chi connectivity index (χ3n) is 3.51. The minimum atomic E-state index is 0.562. The van der Waals surface area contributed by atoms with Gasteiger partial charge in [-0.2, -0.15) is 0 Å². The molecule has 0 aromatic heterocycles. The van der Waals surface area contributed by atoms with Crippen LogP contribution in [-0.2, 0) is 4.74 Å². The fraction of sp³-hybridized carbons (Fsp3) is 1.00. The smallest absolute Gasteiger partial charge is 0.0576 e. The van der Waals surface area contributed by atoms with Gasteiger partial charge in [0.15, 0.2) is 0 Å². The Hall–Kier alpha value is -0.0800. The monoisotopic (exact) mass is 227 g/mol. The van der Waals surface area contributed by atoms with Crippen LogP contribution in [0.25, 0.3) is 0 Å². The summed E-state index contributed by atoms with van der Waals surface area (Å²) in [4.78, 5) is 0. The summed E-state index contributed by atoms with van der Waals surface area (Å²) in [6.07, 6.45) is 11.1. The van der Waals surface area contributed by atoms with E-state index in [-0.39, 0.29) is 0 Å². The van der Waals surface area contributed by atoms with E-state index in [9.17, 15) is 0 Å². The van der Waals surface area contributed by atoms with Gasteiger partial charge in [-0.25, -0.2) is 0 Å². The Kier molecular flexibility index (Phi) is 7.87. The van der Waals surface area contributed by atoms with Gasteiger partial charge >= 0.3 is 0 Å². The SMILES string of the molecule is CCCCCC(CCC1CCCO1)NCC. The minimum Gasteiger partial charge on any atom is -0.378 e. The van der Waals surface area contributed by atoms with E-state index in [1.807, 2.05) is 0 Å². The predicted molar refractivity (Wildman–Crippen MR) is 69.8 cm³/mol. The first-order valence-electron chi connectivity index (χ1n) is 7.21. The molecule has 0 aromatic carbocycles. The second kappa shape index (κ2) is 9.00. The summed E-state index contributed by atoms with van der Waals surface area (Å²) in [5.41, 5.74) is 0. The van der Waals surface area contributed by atoms with Crippen LogP contribution < -0.4 is 5.32 Å². The summed E-state index contributed by atoms with van der Waals surface area (Å²) in [5.74, 6) is 0. The highest BCUT2D eigenvalue weighted by Gasteiger charge is 2.17. The zero-order valence-electron chi connectivity index (χ0n) is 11.1. The number of hydrogen-bond donors (Lipinski definition) is 1. The molecule has 1 fully saturated rings. The summed E-state index contributed by atoms with van der Waals surface area (Å²) < 4.78 is 5.68. The maximum atomic E-state index is 5.68. The molecule has 1 rings (SSSR count). The number of nitrogens with one attached hydrogen (secondary N) is 1. The number of rotatable bonds is 9. The van der Waals surface area contributed by atoms with E-state index < -0.39 is 0 Å². The van der Waals surface area contributed by atoms with E-state index >= 15 is 0 Å². The van der Waals surface area contributed by atoms with Crippen molar-refractivity contribution in [1.82, 2.24) is 5.32 Å². The van der Waals surface area contributed by atoms with Gasteiger partial charge in [0.25, 0.3) is 0 Å². The molecule has 96 valence electrons. The van der Waals surface area contributed by atoms with Crippen LogP contribution in [0, 0.1) is 0 Å². The number of ether oxygens (including phenoxy) is 1. The van der Waals surface area contributed by atoms with E-state index in [1.165, 1.54) is 51.4 Å². The number of unbranched alkanes of at least 4 members (excludes halogenated alkanes) is 2. The third-order valence-corrected chi connectivity index (χ3v) is 3.51. The zero-order valence-corrected chi connectivity index (χ0v) is 11.1. The first-order chi connectivity index (χ1) is 7.86. The average molecular weight is 227 g/mol. The fourth-order valence-electron chi connectivity index (χ4n) is 2.54. The minimum absolute atomic E-state index is 0.562. The van der Waals surface area contributed by atoms with E-state index in [4.69, 9.17) is 4.74 Å². The Morgan fingerprint density at radius 3 is 2.75 bits per heavy atom. The van der Waals surface area contributed by atoms with Crippen LogP contribution in [-0.4, -0.2) is 25.3 Å². The lowest BCUT2D eigenvalue weighted by molar-refractivity contribution is 0.0992. The molecule has 2 nitrogen and oxygen atoms in total. The summed E-state index contributed by atoms with van der Waals surface area (Å²) in [6, 6.07) is 0.723. The molecule has 16 heavy (non-hydrogen) atoms. The van der Waals surface area contributed by atoms with Gasteiger partial charge in [0.2, 0.25) is 0 Å². The molecule has 1 heterocycles. The lowest BCUT2D eigenvalue weighted by Crippen LogP contribution is -2.29. The van der Waals surface area contributed by atoms with Crippen molar-refractivity contribution in [2.45, 2.75) is 77.4 Å². The summed E-state index contributed by atoms with van der Waals surface area (Å²) in [7, 11) is 0. The van der Waals surface area contributed by atoms with Crippen LogP contribution in [0.2, 0.25) is 0 Å². The van der Waals surface area contributed by atoms with Crippen molar-refractivity contribution in [3.05, 3.63) is 0 Å². The van der Waals surface area contributed by atoms with E-state index in [0.717, 1.165) is 19.2 Å². The summed E-state index contributed by atoms with van der Waals surface area (Å²) in [5, 5.41) is 3.61. The average Bonchev–Trinajstić information content (AvgIpc) is 2.79. The normalized spacial score (nSPS) is 22.5. The van der Waals surface area contributed by atoms with Crippen LogP contribution >= 0.6 is 0 Å². The lowest BCUT2D eigenvalue weighted by Gasteiger charge is -2.19. The van der Waals surface area contributed by atoms with E-state index in [0.29, 0.717) is 6.10 Å². The zero-order chi connectivity index (χ0) is 11.6. The predicted octanol–water partition coefficient (Wildman–Crippen LogP) is 3.50. The van der Waals surface area contributed by atoms with Crippen molar-refractivity contribution in [3.8, 4) is 0 Å². The Morgan fingerprint density at radius 2 is 2.12 bits per heavy atom. The highest BCUT2D eigenvalue weighted by molar-refractivity contribution is 4.71. The Morgan fingerprint density at radius 1 is 1.25 bits per heavy atom. The van der Waals surface area contributed by atoms with Gasteiger partial charge in [-0.1, -0.05) is 33.1 Å². The second-order valence-electron chi connectivity index (χ2n) is 4.96. The molecule has 1 aliphatic rings. The molecule has 2 atom stereocenters. The van der Waals surface area contributed by atoms with Gasteiger partial charge in [-0.3, -0.25) is 0 Å². The molecule has 0 bridgehead atoms. The highest BCUT2D eigenvalue weighted by Crippen LogP contribution is 2.19. The molecule has 0 radical (unpaired) electrons. The molecule has 2 unspecified atom stereocenters. The highest BCUT2D eigenvalue weighted by atomic mass is 16.5. The molecule has 0 amide bonds. The summed E-state index contributed by atoms with van der Waals surface area (Å²) in [6.45, 7) is 6.57. The standard InChI is InChI=1S/C14H29NO/c1-3-5-6-8-13(15-4-2)10-11-14-9-7-12-16-14/h13-15H,3-12H2,1-2H3. The van der Waals surface area contributed by atoms with E-state index in [2.05, 4.69) is 19.2 Å². The molecule has 2 heteroatoms. The van der Waals surface area contributed by atoms with Crippen LogP contribution in [0.4, 0.5) is 0 Å². The van der Waals surface area contributed by atoms with Crippen LogP contribution in [0.3, 0.4) is 0 Å². The Balaban J connectivity index is 2.10. The molecule has 0 spiro atoms. The maximum Gasteiger partial charge on any atom is 0.0576 e. The van der Waals surface area contributed by atoms with Crippen molar-refractivity contribution in [2.75, 3.05) is 13.2 Å². The largest absolute Gasteiger partial charge is 0.378 e. The van der Waals surface area contributed by atoms with Crippen LogP contribution in [0.5, 0.6) is 0 Å². The van der Waals surface area contributed by atoms with Crippen LogP contribution in [0.15, 0.2) is 0 Å². The molecule has 0 saturated carbocycles. The first-order valence-corrected chi connectivity index (χ1v) is 7.21. The fourth-order valence-corrected chi connectivity index (χ4v) is 2.54. The van der Waals surface area contributed by atoms with Gasteiger partial charge < -0.3 is 10.1 Å². The Labute approximate surface area is 101 Å². The lowest BCUT2D eigenvalue weighted by atomic mass is 10.0. The summed E-state index contributed by atoms with van der Waals surface area (Å²) >= 11 is 0. The van der Waals surface area contributed by atoms with Crippen LogP contribution in [0.1, 0.15) is 65.2 Å². The molecule has 1 saturated heterocycles. The van der Waals surface area contributed by atoms with Gasteiger partial charge in [0.05, 0.1) is 6.10 Å². The molecular weight excluding hydrogens is 198 g/mol. The van der Waals surface area contributed by atoms with Crippen molar-refractivity contribution in [2.24, 2.45) is 0 Å². The van der Waals surface area contributed by atoms with Gasteiger partial charge in [-0.15, -0.1) is 0 Å². The molecular formula is C14H29NO. The quantitative estimate of drug-likeness (QED) is 0.609. The molecule has 1 aliphatic heterocycles. The van der Waals surface area contributed by atoms with Crippen molar-refractivity contribution >= 4 is 0 Å². The van der Waals surface area contributed by atoms with Crippen molar-refractivity contribution in [1.29, 1.82) is 0 Å². The van der Waals surface area contributed by atoms with Crippen molar-refractivity contribution in [3.63, 3.8) is 0 Å². The Bertz CT molecular complexity index is 155. The third kappa shape index (κ3) is 5.86. The second-order valence-corrected chi connectivity index (χ2v) is 4.96. The van der Waals surface area contributed by atoms with Crippen molar-refractivity contribution < 1.29 is 4.74 Å². The van der Waals surface area contributed by atoms with Gasteiger partial charge in [0, 0.05) is 12.6 Å². The number of hydrogen-bond acceptors (Lipinski definition) is 2. The molecule has 0 aliphatic carbocycles. The van der Waals surface area contributed by atoms with E-state index in [1.54, 1.807) is 0 Å². The first kappa shape index (κ1) is 14.0. The van der Waals surface area contributed by atoms with Gasteiger partial charge in [-0.05, 0) is 38.6 Å². The van der Waals surface area contributed by atoms with Gasteiger partial charge in [0.1, 0.15) is 0 Å². The topological polar surface area (TPSA) is 21.3 Å². The maximum absolute atomic E-state index is 5.68. The molecule has 0 aromatic rings.